The van der Waals surface area contributed by atoms with Crippen molar-refractivity contribution in [3.63, 3.8) is 0 Å². The molecule has 2 aromatic rings. The monoisotopic (exact) mass is 333 g/mol. The molecule has 0 aliphatic carbocycles. The fourth-order valence-electron chi connectivity index (χ4n) is 1.60. The summed E-state index contributed by atoms with van der Waals surface area (Å²) in [6, 6.07) is 11.0. The van der Waals surface area contributed by atoms with Gasteiger partial charge in [-0.3, -0.25) is 4.98 Å². The van der Waals surface area contributed by atoms with Crippen molar-refractivity contribution < 1.29 is 0 Å². The smallest absolute Gasteiger partial charge is 0.102 e. The molecule has 0 aliphatic heterocycles. The number of nitrogens with zero attached hydrogens (tertiary/aromatic N) is 2. The average Bonchev–Trinajstić information content (AvgIpc) is 2.44. The molecular weight excluding hydrogens is 326 g/mol. The number of nitrogens with two attached hydrogens (primary N) is 1. The van der Waals surface area contributed by atoms with Crippen LogP contribution in [0.5, 0.6) is 0 Å². The summed E-state index contributed by atoms with van der Waals surface area (Å²) < 4.78 is 0.783. The first-order valence-corrected chi connectivity index (χ1v) is 6.56. The zero-order valence-corrected chi connectivity index (χ0v) is 12.1. The topological polar surface area (TPSA) is 62.7 Å². The standard InChI is InChI=1S/C14H9BrClN3/c15-12-4-3-9(6-13(12)16)14(18)11(7-17)10-2-1-5-19-8-10/h1-6,8H,18H2/b14-11-. The molecule has 0 radical (unpaired) electrons. The molecule has 2 rings (SSSR count). The van der Waals surface area contributed by atoms with E-state index in [-0.39, 0.29) is 0 Å². The van der Waals surface area contributed by atoms with Crippen molar-refractivity contribution in [3.8, 4) is 6.07 Å². The Morgan fingerprint density at radius 1 is 1.32 bits per heavy atom. The van der Waals surface area contributed by atoms with Gasteiger partial charge in [-0.05, 0) is 34.1 Å². The summed E-state index contributed by atoms with van der Waals surface area (Å²) >= 11 is 9.35. The molecule has 0 unspecified atom stereocenters. The van der Waals surface area contributed by atoms with Crippen LogP contribution in [0.25, 0.3) is 11.3 Å². The van der Waals surface area contributed by atoms with Gasteiger partial charge in [0.25, 0.3) is 0 Å². The van der Waals surface area contributed by atoms with Gasteiger partial charge in [0.15, 0.2) is 0 Å². The van der Waals surface area contributed by atoms with Crippen LogP contribution in [-0.2, 0) is 0 Å². The molecule has 0 saturated carbocycles. The zero-order chi connectivity index (χ0) is 13.8. The highest BCUT2D eigenvalue weighted by Gasteiger charge is 2.09. The lowest BCUT2D eigenvalue weighted by atomic mass is 10.0. The van der Waals surface area contributed by atoms with Crippen LogP contribution in [-0.4, -0.2) is 4.98 Å². The lowest BCUT2D eigenvalue weighted by Gasteiger charge is -2.07. The Bertz CT molecular complexity index is 675. The molecule has 0 atom stereocenters. The zero-order valence-electron chi connectivity index (χ0n) is 9.77. The lowest BCUT2D eigenvalue weighted by molar-refractivity contribution is 1.31. The second-order valence-electron chi connectivity index (χ2n) is 3.77. The van der Waals surface area contributed by atoms with Crippen LogP contribution in [0.1, 0.15) is 11.1 Å². The summed E-state index contributed by atoms with van der Waals surface area (Å²) in [4.78, 5) is 3.99. The molecule has 0 fully saturated rings. The second-order valence-corrected chi connectivity index (χ2v) is 5.03. The van der Waals surface area contributed by atoms with Gasteiger partial charge in [-0.1, -0.05) is 23.7 Å². The maximum atomic E-state index is 9.28. The molecule has 0 aliphatic rings. The molecule has 1 aromatic heterocycles. The van der Waals surface area contributed by atoms with Crippen LogP contribution in [0.15, 0.2) is 47.2 Å². The number of nitriles is 1. The first-order chi connectivity index (χ1) is 9.13. The van der Waals surface area contributed by atoms with E-state index in [0.29, 0.717) is 27.4 Å². The molecule has 2 N–H and O–H groups in total. The molecule has 0 spiro atoms. The van der Waals surface area contributed by atoms with E-state index in [1.54, 1.807) is 42.7 Å². The van der Waals surface area contributed by atoms with Crippen LogP contribution < -0.4 is 5.73 Å². The minimum atomic E-state index is 0.380. The number of hydrogen-bond acceptors (Lipinski definition) is 3. The quantitative estimate of drug-likeness (QED) is 0.849. The van der Waals surface area contributed by atoms with Crippen LogP contribution in [0.4, 0.5) is 0 Å². The van der Waals surface area contributed by atoms with E-state index < -0.39 is 0 Å². The van der Waals surface area contributed by atoms with Gasteiger partial charge in [0.1, 0.15) is 6.07 Å². The van der Waals surface area contributed by atoms with Crippen LogP contribution in [0.2, 0.25) is 5.02 Å². The highest BCUT2D eigenvalue weighted by Crippen LogP contribution is 2.28. The van der Waals surface area contributed by atoms with Crippen LogP contribution >= 0.6 is 27.5 Å². The number of hydrogen-bond donors (Lipinski definition) is 1. The molecule has 19 heavy (non-hydrogen) atoms. The van der Waals surface area contributed by atoms with E-state index >= 15 is 0 Å². The van der Waals surface area contributed by atoms with E-state index in [0.717, 1.165) is 4.47 Å². The Hall–Kier alpha value is -1.83. The first kappa shape index (κ1) is 13.6. The normalized spacial score (nSPS) is 11.6. The largest absolute Gasteiger partial charge is 0.397 e. The summed E-state index contributed by atoms with van der Waals surface area (Å²) in [6.45, 7) is 0. The molecule has 1 heterocycles. The summed E-state index contributed by atoms with van der Waals surface area (Å²) in [7, 11) is 0. The fraction of sp³-hybridized carbons (Fsp3) is 0. The van der Waals surface area contributed by atoms with Crippen molar-refractivity contribution in [2.24, 2.45) is 5.73 Å². The minimum absolute atomic E-state index is 0.380. The summed E-state index contributed by atoms with van der Waals surface area (Å²) in [6.07, 6.45) is 3.25. The third-order valence-electron chi connectivity index (χ3n) is 2.56. The summed E-state index contributed by atoms with van der Waals surface area (Å²) in [5, 5.41) is 9.82. The van der Waals surface area contributed by atoms with E-state index in [4.69, 9.17) is 17.3 Å². The average molecular weight is 335 g/mol. The van der Waals surface area contributed by atoms with Gasteiger partial charge in [-0.15, -0.1) is 0 Å². The van der Waals surface area contributed by atoms with Crippen molar-refractivity contribution in [1.29, 1.82) is 5.26 Å². The Balaban J connectivity index is 2.56. The van der Waals surface area contributed by atoms with E-state index in [2.05, 4.69) is 27.0 Å². The van der Waals surface area contributed by atoms with Crippen LogP contribution in [0.3, 0.4) is 0 Å². The van der Waals surface area contributed by atoms with Gasteiger partial charge in [-0.25, -0.2) is 0 Å². The molecule has 0 amide bonds. The van der Waals surface area contributed by atoms with Crippen molar-refractivity contribution in [2.75, 3.05) is 0 Å². The number of rotatable bonds is 2. The van der Waals surface area contributed by atoms with E-state index in [1.807, 2.05) is 0 Å². The Morgan fingerprint density at radius 2 is 2.11 bits per heavy atom. The molecule has 0 bridgehead atoms. The first-order valence-electron chi connectivity index (χ1n) is 5.39. The molecule has 1 aromatic carbocycles. The van der Waals surface area contributed by atoms with Crippen molar-refractivity contribution in [1.82, 2.24) is 4.98 Å². The molecular formula is C14H9BrClN3. The predicted octanol–water partition coefficient (Wildman–Crippen LogP) is 3.85. The van der Waals surface area contributed by atoms with Crippen LogP contribution in [0, 0.1) is 11.3 Å². The molecule has 94 valence electrons. The van der Waals surface area contributed by atoms with Gasteiger partial charge < -0.3 is 5.73 Å². The maximum Gasteiger partial charge on any atom is 0.102 e. The van der Waals surface area contributed by atoms with Gasteiger partial charge in [-0.2, -0.15) is 5.26 Å². The van der Waals surface area contributed by atoms with Gasteiger partial charge in [0.05, 0.1) is 16.3 Å². The summed E-state index contributed by atoms with van der Waals surface area (Å²) in [5.41, 5.74) is 8.20. The lowest BCUT2D eigenvalue weighted by Crippen LogP contribution is -2.01. The number of aromatic nitrogens is 1. The highest BCUT2D eigenvalue weighted by atomic mass is 79.9. The number of benzene rings is 1. The molecule has 0 saturated heterocycles. The Morgan fingerprint density at radius 3 is 2.68 bits per heavy atom. The molecule has 5 heteroatoms. The van der Waals surface area contributed by atoms with Crippen molar-refractivity contribution in [3.05, 3.63) is 63.3 Å². The third kappa shape index (κ3) is 2.95. The number of halogens is 2. The number of allylic oxidation sites excluding steroid dienone is 1. The molecule has 3 nitrogen and oxygen atoms in total. The predicted molar refractivity (Wildman–Crippen MR) is 80.0 cm³/mol. The summed E-state index contributed by atoms with van der Waals surface area (Å²) in [5.74, 6) is 0. The number of pyridine rings is 1. The highest BCUT2D eigenvalue weighted by molar-refractivity contribution is 9.10. The Kier molecular flexibility index (Phi) is 4.20. The van der Waals surface area contributed by atoms with Gasteiger partial charge in [0.2, 0.25) is 0 Å². The van der Waals surface area contributed by atoms with Crippen molar-refractivity contribution in [2.45, 2.75) is 0 Å². The Labute approximate surface area is 124 Å². The van der Waals surface area contributed by atoms with Gasteiger partial charge in [0, 0.05) is 28.0 Å². The SMILES string of the molecule is N#C/C(=C(/N)c1ccc(Br)c(Cl)c1)c1cccnc1. The third-order valence-corrected chi connectivity index (χ3v) is 3.79. The second kappa shape index (κ2) is 5.87. The van der Waals surface area contributed by atoms with E-state index in [9.17, 15) is 5.26 Å². The van der Waals surface area contributed by atoms with Crippen molar-refractivity contribution >= 4 is 38.8 Å². The fourth-order valence-corrected chi connectivity index (χ4v) is 2.03. The van der Waals surface area contributed by atoms with E-state index in [1.165, 1.54) is 0 Å². The maximum absolute atomic E-state index is 9.28. The minimum Gasteiger partial charge on any atom is -0.397 e. The van der Waals surface area contributed by atoms with Gasteiger partial charge >= 0.3 is 0 Å².